The van der Waals surface area contributed by atoms with Crippen LogP contribution in [0.5, 0.6) is 0 Å². The Labute approximate surface area is 110 Å². The monoisotopic (exact) mass is 257 g/mol. The first-order valence-corrected chi connectivity index (χ1v) is 6.54. The topological polar surface area (TPSA) is 84.2 Å². The standard InChI is InChI=1S/C13H27N3O2/c1-8(2)7-15-13(18)9(3)6-12(14)10(4)16-11(5)17/h8-10,12H,6-7,14H2,1-5H3,(H,15,18)(H,16,17)/t9-,10+,12+/m1/s1. The molecule has 0 heterocycles. The van der Waals surface area contributed by atoms with Crippen molar-refractivity contribution in [3.05, 3.63) is 0 Å². The van der Waals surface area contributed by atoms with Gasteiger partial charge in [-0.3, -0.25) is 9.59 Å². The molecular weight excluding hydrogens is 230 g/mol. The van der Waals surface area contributed by atoms with Gasteiger partial charge in [0, 0.05) is 31.5 Å². The maximum absolute atomic E-state index is 11.8. The summed E-state index contributed by atoms with van der Waals surface area (Å²) in [6, 6.07) is -0.337. The van der Waals surface area contributed by atoms with Crippen LogP contribution < -0.4 is 16.4 Å². The van der Waals surface area contributed by atoms with E-state index in [0.29, 0.717) is 18.9 Å². The van der Waals surface area contributed by atoms with Crippen molar-refractivity contribution in [1.29, 1.82) is 0 Å². The highest BCUT2D eigenvalue weighted by Gasteiger charge is 2.20. The number of nitrogens with two attached hydrogens (primary N) is 1. The SMILES string of the molecule is CC(=O)N[C@@H](C)[C@@H](N)C[C@@H](C)C(=O)NCC(C)C. The lowest BCUT2D eigenvalue weighted by atomic mass is 9.97. The molecular formula is C13H27N3O2. The molecule has 0 saturated heterocycles. The zero-order valence-corrected chi connectivity index (χ0v) is 12.1. The Morgan fingerprint density at radius 3 is 2.17 bits per heavy atom. The Bertz CT molecular complexity index is 279. The predicted molar refractivity (Wildman–Crippen MR) is 72.9 cm³/mol. The van der Waals surface area contributed by atoms with Crippen LogP contribution in [0.4, 0.5) is 0 Å². The van der Waals surface area contributed by atoms with Crippen LogP contribution in [0.3, 0.4) is 0 Å². The lowest BCUT2D eigenvalue weighted by Gasteiger charge is -2.23. The van der Waals surface area contributed by atoms with E-state index in [1.165, 1.54) is 6.92 Å². The van der Waals surface area contributed by atoms with Crippen molar-refractivity contribution in [2.24, 2.45) is 17.6 Å². The van der Waals surface area contributed by atoms with Crippen molar-refractivity contribution in [2.75, 3.05) is 6.54 Å². The van der Waals surface area contributed by atoms with E-state index in [-0.39, 0.29) is 29.8 Å². The van der Waals surface area contributed by atoms with Crippen molar-refractivity contribution in [3.63, 3.8) is 0 Å². The lowest BCUT2D eigenvalue weighted by Crippen LogP contribution is -2.47. The molecule has 3 atom stereocenters. The summed E-state index contributed by atoms with van der Waals surface area (Å²) in [5, 5.41) is 5.63. The average Bonchev–Trinajstić information content (AvgIpc) is 2.24. The van der Waals surface area contributed by atoms with Crippen LogP contribution in [0.15, 0.2) is 0 Å². The molecule has 0 saturated carbocycles. The van der Waals surface area contributed by atoms with Gasteiger partial charge >= 0.3 is 0 Å². The Morgan fingerprint density at radius 2 is 1.72 bits per heavy atom. The highest BCUT2D eigenvalue weighted by molar-refractivity contribution is 5.78. The van der Waals surface area contributed by atoms with Gasteiger partial charge in [-0.25, -0.2) is 0 Å². The van der Waals surface area contributed by atoms with Gasteiger partial charge in [-0.1, -0.05) is 20.8 Å². The summed E-state index contributed by atoms with van der Waals surface area (Å²) in [6.45, 7) is 9.95. The van der Waals surface area contributed by atoms with Gasteiger partial charge < -0.3 is 16.4 Å². The average molecular weight is 257 g/mol. The van der Waals surface area contributed by atoms with Crippen LogP contribution in [0.2, 0.25) is 0 Å². The van der Waals surface area contributed by atoms with Crippen molar-refractivity contribution in [3.8, 4) is 0 Å². The van der Waals surface area contributed by atoms with Crippen molar-refractivity contribution in [1.82, 2.24) is 10.6 Å². The maximum atomic E-state index is 11.8. The molecule has 4 N–H and O–H groups in total. The minimum Gasteiger partial charge on any atom is -0.356 e. The summed E-state index contributed by atoms with van der Waals surface area (Å²) in [7, 11) is 0. The van der Waals surface area contributed by atoms with Crippen LogP contribution in [-0.4, -0.2) is 30.4 Å². The fourth-order valence-corrected chi connectivity index (χ4v) is 1.63. The Morgan fingerprint density at radius 1 is 1.17 bits per heavy atom. The second-order valence-electron chi connectivity index (χ2n) is 5.43. The van der Waals surface area contributed by atoms with Crippen molar-refractivity contribution in [2.45, 2.75) is 53.1 Å². The molecule has 0 aromatic rings. The molecule has 5 heteroatoms. The molecule has 106 valence electrons. The second-order valence-corrected chi connectivity index (χ2v) is 5.43. The van der Waals surface area contributed by atoms with Crippen molar-refractivity contribution < 1.29 is 9.59 Å². The minimum absolute atomic E-state index is 0.0224. The molecule has 0 aliphatic carbocycles. The number of hydrogen-bond acceptors (Lipinski definition) is 3. The molecule has 0 fully saturated rings. The zero-order chi connectivity index (χ0) is 14.3. The van der Waals surface area contributed by atoms with E-state index >= 15 is 0 Å². The highest BCUT2D eigenvalue weighted by atomic mass is 16.2. The molecule has 0 aromatic carbocycles. The Hall–Kier alpha value is -1.10. The molecule has 0 aliphatic rings. The van der Waals surface area contributed by atoms with Crippen LogP contribution in [0, 0.1) is 11.8 Å². The summed E-state index contributed by atoms with van der Waals surface area (Å²) < 4.78 is 0. The molecule has 0 aliphatic heterocycles. The minimum atomic E-state index is -0.214. The van der Waals surface area contributed by atoms with E-state index < -0.39 is 0 Å². The van der Waals surface area contributed by atoms with E-state index in [1.54, 1.807) is 0 Å². The number of amides is 2. The van der Waals surface area contributed by atoms with Crippen LogP contribution in [0.1, 0.15) is 41.0 Å². The molecule has 2 amide bonds. The largest absolute Gasteiger partial charge is 0.356 e. The quantitative estimate of drug-likeness (QED) is 0.625. The molecule has 0 unspecified atom stereocenters. The van der Waals surface area contributed by atoms with Gasteiger partial charge in [0.15, 0.2) is 0 Å². The van der Waals surface area contributed by atoms with Crippen molar-refractivity contribution >= 4 is 11.8 Å². The van der Waals surface area contributed by atoms with Gasteiger partial charge in [0.2, 0.25) is 11.8 Å². The molecule has 0 spiro atoms. The molecule has 0 radical (unpaired) electrons. The van der Waals surface area contributed by atoms with Gasteiger partial charge in [-0.05, 0) is 19.3 Å². The third kappa shape index (κ3) is 7.27. The number of hydrogen-bond donors (Lipinski definition) is 3. The highest BCUT2D eigenvalue weighted by Crippen LogP contribution is 2.08. The molecule has 18 heavy (non-hydrogen) atoms. The summed E-state index contributed by atoms with van der Waals surface area (Å²) in [5.41, 5.74) is 5.97. The van der Waals surface area contributed by atoms with E-state index in [4.69, 9.17) is 5.73 Å². The van der Waals surface area contributed by atoms with E-state index in [9.17, 15) is 9.59 Å². The van der Waals surface area contributed by atoms with Gasteiger partial charge in [0.1, 0.15) is 0 Å². The summed E-state index contributed by atoms with van der Waals surface area (Å²) in [6.07, 6.45) is 0.561. The summed E-state index contributed by atoms with van der Waals surface area (Å²) in [5.74, 6) is 0.215. The summed E-state index contributed by atoms with van der Waals surface area (Å²) >= 11 is 0. The second kappa shape index (κ2) is 8.08. The number of carbonyl (C=O) groups is 2. The van der Waals surface area contributed by atoms with Crippen LogP contribution in [-0.2, 0) is 9.59 Å². The maximum Gasteiger partial charge on any atom is 0.222 e. The fourth-order valence-electron chi connectivity index (χ4n) is 1.63. The first kappa shape index (κ1) is 16.9. The summed E-state index contributed by atoms with van der Waals surface area (Å²) in [4.78, 5) is 22.7. The Kier molecular flexibility index (Phi) is 7.59. The molecule has 0 bridgehead atoms. The number of nitrogens with one attached hydrogen (secondary N) is 2. The number of rotatable bonds is 7. The third-order valence-electron chi connectivity index (χ3n) is 2.83. The van der Waals surface area contributed by atoms with Gasteiger partial charge in [0.05, 0.1) is 0 Å². The molecule has 5 nitrogen and oxygen atoms in total. The first-order valence-electron chi connectivity index (χ1n) is 6.54. The predicted octanol–water partition coefficient (Wildman–Crippen LogP) is 0.637. The van der Waals surface area contributed by atoms with Gasteiger partial charge in [-0.2, -0.15) is 0 Å². The normalized spacial score (nSPS) is 15.9. The van der Waals surface area contributed by atoms with Gasteiger partial charge in [0.25, 0.3) is 0 Å². The zero-order valence-electron chi connectivity index (χ0n) is 12.1. The fraction of sp³-hybridized carbons (Fsp3) is 0.846. The van der Waals surface area contributed by atoms with Gasteiger partial charge in [-0.15, -0.1) is 0 Å². The van der Waals surface area contributed by atoms with Crippen LogP contribution in [0.25, 0.3) is 0 Å². The van der Waals surface area contributed by atoms with E-state index in [0.717, 1.165) is 0 Å². The molecule has 0 aromatic heterocycles. The van der Waals surface area contributed by atoms with E-state index in [2.05, 4.69) is 24.5 Å². The Balaban J connectivity index is 4.09. The first-order chi connectivity index (χ1) is 8.23. The lowest BCUT2D eigenvalue weighted by molar-refractivity contribution is -0.125. The van der Waals surface area contributed by atoms with Crippen LogP contribution >= 0.6 is 0 Å². The molecule has 0 rings (SSSR count). The third-order valence-corrected chi connectivity index (χ3v) is 2.83. The number of carbonyl (C=O) groups excluding carboxylic acids is 2. The van der Waals surface area contributed by atoms with E-state index in [1.807, 2.05) is 13.8 Å². The smallest absolute Gasteiger partial charge is 0.222 e.